The minimum Gasteiger partial charge on any atom is -0.383 e. The van der Waals surface area contributed by atoms with Gasteiger partial charge >= 0.3 is 0 Å². The van der Waals surface area contributed by atoms with Crippen LogP contribution < -0.4 is 5.73 Å². The number of ether oxygens (including phenoxy) is 1. The minimum atomic E-state index is -0.387. The lowest BCUT2D eigenvalue weighted by molar-refractivity contribution is 0.177. The van der Waals surface area contributed by atoms with Gasteiger partial charge in [0.2, 0.25) is 0 Å². The molecule has 0 aliphatic heterocycles. The van der Waals surface area contributed by atoms with Crippen molar-refractivity contribution < 1.29 is 9.26 Å². The second-order valence-electron chi connectivity index (χ2n) is 3.68. The summed E-state index contributed by atoms with van der Waals surface area (Å²) in [5.74, 6) is 0.792. The van der Waals surface area contributed by atoms with E-state index in [9.17, 15) is 0 Å². The van der Waals surface area contributed by atoms with Crippen molar-refractivity contribution in [3.8, 4) is 11.6 Å². The van der Waals surface area contributed by atoms with Gasteiger partial charge in [-0.25, -0.2) is 4.98 Å². The quantitative estimate of drug-likeness (QED) is 0.851. The molecule has 0 saturated carbocycles. The summed E-state index contributed by atoms with van der Waals surface area (Å²) < 4.78 is 10.0. The molecular weight excluding hydrogens is 220 g/mol. The normalized spacial score (nSPS) is 12.6. The Morgan fingerprint density at radius 3 is 2.94 bits per heavy atom. The van der Waals surface area contributed by atoms with Gasteiger partial charge in [-0.2, -0.15) is 4.98 Å². The Morgan fingerprint density at radius 1 is 1.41 bits per heavy atom. The molecule has 0 saturated heterocycles. The van der Waals surface area contributed by atoms with E-state index in [1.165, 1.54) is 0 Å². The third-order valence-electron chi connectivity index (χ3n) is 2.23. The van der Waals surface area contributed by atoms with Gasteiger partial charge in [0.1, 0.15) is 5.69 Å². The fourth-order valence-electron chi connectivity index (χ4n) is 1.41. The molecule has 1 atom stereocenters. The van der Waals surface area contributed by atoms with Crippen molar-refractivity contribution in [1.82, 2.24) is 15.1 Å². The van der Waals surface area contributed by atoms with Gasteiger partial charge < -0.3 is 15.0 Å². The van der Waals surface area contributed by atoms with Gasteiger partial charge in [-0.3, -0.25) is 0 Å². The van der Waals surface area contributed by atoms with Crippen molar-refractivity contribution in [2.24, 2.45) is 5.73 Å². The molecule has 0 aliphatic carbocycles. The predicted octanol–water partition coefficient (Wildman–Crippen LogP) is 1.09. The summed E-state index contributed by atoms with van der Waals surface area (Å²) >= 11 is 0. The molecule has 1 unspecified atom stereocenters. The highest BCUT2D eigenvalue weighted by atomic mass is 16.5. The number of nitrogens with zero attached hydrogens (tertiary/aromatic N) is 3. The van der Waals surface area contributed by atoms with E-state index in [0.717, 1.165) is 5.69 Å². The molecule has 2 heterocycles. The first-order valence-corrected chi connectivity index (χ1v) is 5.23. The molecule has 0 aromatic carbocycles. The molecule has 6 heteroatoms. The average Bonchev–Trinajstić information content (AvgIpc) is 2.78. The van der Waals surface area contributed by atoms with Crippen LogP contribution in [0, 0.1) is 6.92 Å². The Morgan fingerprint density at radius 2 is 2.24 bits per heavy atom. The molecule has 90 valence electrons. The first-order chi connectivity index (χ1) is 8.20. The van der Waals surface area contributed by atoms with Crippen LogP contribution in [-0.2, 0) is 4.74 Å². The van der Waals surface area contributed by atoms with E-state index in [0.29, 0.717) is 24.0 Å². The number of methoxy groups -OCH3 is 1. The fraction of sp³-hybridized carbons (Fsp3) is 0.364. The Kier molecular flexibility index (Phi) is 3.46. The third-order valence-corrected chi connectivity index (χ3v) is 2.23. The van der Waals surface area contributed by atoms with Crippen LogP contribution in [0.2, 0.25) is 0 Å². The number of aromatic nitrogens is 3. The summed E-state index contributed by atoms with van der Waals surface area (Å²) in [4.78, 5) is 8.49. The van der Waals surface area contributed by atoms with Gasteiger partial charge in [0.05, 0.1) is 12.6 Å². The molecule has 0 aliphatic rings. The summed E-state index contributed by atoms with van der Waals surface area (Å²) in [6.07, 6.45) is 0. The Balaban J connectivity index is 2.23. The van der Waals surface area contributed by atoms with E-state index in [1.54, 1.807) is 7.11 Å². The average molecular weight is 234 g/mol. The monoisotopic (exact) mass is 234 g/mol. The van der Waals surface area contributed by atoms with E-state index < -0.39 is 0 Å². The van der Waals surface area contributed by atoms with Crippen molar-refractivity contribution in [3.63, 3.8) is 0 Å². The fourth-order valence-corrected chi connectivity index (χ4v) is 1.41. The predicted molar refractivity (Wildman–Crippen MR) is 61.1 cm³/mol. The number of nitrogens with two attached hydrogens (primary N) is 1. The summed E-state index contributed by atoms with van der Waals surface area (Å²) in [6, 6.07) is 5.21. The largest absolute Gasteiger partial charge is 0.383 e. The van der Waals surface area contributed by atoms with E-state index in [1.807, 2.05) is 25.1 Å². The number of hydrogen-bond acceptors (Lipinski definition) is 6. The lowest BCUT2D eigenvalue weighted by Gasteiger charge is -2.03. The van der Waals surface area contributed by atoms with Crippen molar-refractivity contribution in [1.29, 1.82) is 0 Å². The maximum atomic E-state index is 5.80. The zero-order valence-corrected chi connectivity index (χ0v) is 9.75. The van der Waals surface area contributed by atoms with Crippen molar-refractivity contribution >= 4 is 0 Å². The van der Waals surface area contributed by atoms with Crippen LogP contribution in [0.4, 0.5) is 0 Å². The van der Waals surface area contributed by atoms with Crippen LogP contribution in [0.3, 0.4) is 0 Å². The zero-order valence-electron chi connectivity index (χ0n) is 9.75. The Labute approximate surface area is 98.8 Å². The summed E-state index contributed by atoms with van der Waals surface area (Å²) in [5.41, 5.74) is 7.34. The lowest BCUT2D eigenvalue weighted by atomic mass is 10.3. The molecule has 2 aromatic heterocycles. The van der Waals surface area contributed by atoms with E-state index in [-0.39, 0.29) is 6.04 Å². The molecule has 17 heavy (non-hydrogen) atoms. The molecule has 0 fully saturated rings. The molecule has 0 spiro atoms. The highest BCUT2D eigenvalue weighted by Crippen LogP contribution is 2.16. The molecule has 2 N–H and O–H groups in total. The van der Waals surface area contributed by atoms with Crippen molar-refractivity contribution in [2.45, 2.75) is 13.0 Å². The van der Waals surface area contributed by atoms with Crippen LogP contribution >= 0.6 is 0 Å². The molecule has 0 radical (unpaired) electrons. The molecule has 0 amide bonds. The van der Waals surface area contributed by atoms with Crippen LogP contribution in [0.5, 0.6) is 0 Å². The maximum absolute atomic E-state index is 5.80. The highest BCUT2D eigenvalue weighted by molar-refractivity contribution is 5.46. The Hall–Kier alpha value is -1.79. The number of aryl methyl sites for hydroxylation is 1. The van der Waals surface area contributed by atoms with Gasteiger partial charge in [-0.1, -0.05) is 11.2 Å². The van der Waals surface area contributed by atoms with Crippen LogP contribution in [0.1, 0.15) is 17.6 Å². The van der Waals surface area contributed by atoms with Crippen LogP contribution in [-0.4, -0.2) is 28.8 Å². The molecule has 0 bridgehead atoms. The molecule has 6 nitrogen and oxygen atoms in total. The summed E-state index contributed by atoms with van der Waals surface area (Å²) in [6.45, 7) is 2.25. The van der Waals surface area contributed by atoms with Gasteiger partial charge in [0.15, 0.2) is 5.82 Å². The van der Waals surface area contributed by atoms with Crippen molar-refractivity contribution in [2.75, 3.05) is 13.7 Å². The van der Waals surface area contributed by atoms with E-state index in [4.69, 9.17) is 15.0 Å². The summed E-state index contributed by atoms with van der Waals surface area (Å²) in [7, 11) is 1.57. The van der Waals surface area contributed by atoms with Gasteiger partial charge in [0, 0.05) is 12.8 Å². The van der Waals surface area contributed by atoms with E-state index in [2.05, 4.69) is 15.1 Å². The third kappa shape index (κ3) is 2.66. The number of hydrogen-bond donors (Lipinski definition) is 1. The maximum Gasteiger partial charge on any atom is 0.276 e. The number of rotatable bonds is 4. The van der Waals surface area contributed by atoms with Crippen molar-refractivity contribution in [3.05, 3.63) is 29.7 Å². The topological polar surface area (TPSA) is 87.1 Å². The second-order valence-corrected chi connectivity index (χ2v) is 3.68. The number of pyridine rings is 1. The van der Waals surface area contributed by atoms with Gasteiger partial charge in [-0.15, -0.1) is 0 Å². The van der Waals surface area contributed by atoms with Crippen LogP contribution in [0.15, 0.2) is 22.7 Å². The SMILES string of the molecule is COCC(N)c1noc(-c2cccc(C)n2)n1. The second kappa shape index (κ2) is 5.03. The highest BCUT2D eigenvalue weighted by Gasteiger charge is 2.15. The zero-order chi connectivity index (χ0) is 12.3. The lowest BCUT2D eigenvalue weighted by Crippen LogP contribution is -2.17. The van der Waals surface area contributed by atoms with Crippen LogP contribution in [0.25, 0.3) is 11.6 Å². The van der Waals surface area contributed by atoms with Gasteiger partial charge in [-0.05, 0) is 19.1 Å². The molecular formula is C11H14N4O2. The van der Waals surface area contributed by atoms with Gasteiger partial charge in [0.25, 0.3) is 5.89 Å². The van der Waals surface area contributed by atoms with E-state index >= 15 is 0 Å². The summed E-state index contributed by atoms with van der Waals surface area (Å²) in [5, 5.41) is 3.81. The molecule has 2 aromatic rings. The Bertz CT molecular complexity index is 498. The smallest absolute Gasteiger partial charge is 0.276 e. The standard InChI is InChI=1S/C11H14N4O2/c1-7-4-3-5-9(13-7)11-14-10(15-17-11)8(12)6-16-2/h3-5,8H,6,12H2,1-2H3. The first kappa shape index (κ1) is 11.7. The minimum absolute atomic E-state index is 0.347. The first-order valence-electron chi connectivity index (χ1n) is 5.23. The molecule has 2 rings (SSSR count).